The van der Waals surface area contributed by atoms with Crippen LogP contribution in [0.15, 0.2) is 23.8 Å². The van der Waals surface area contributed by atoms with Crippen molar-refractivity contribution in [2.45, 2.75) is 129 Å². The zero-order valence-electron chi connectivity index (χ0n) is 26.0. The third kappa shape index (κ3) is 5.20. The van der Waals surface area contributed by atoms with Gasteiger partial charge in [-0.15, -0.1) is 0 Å². The Morgan fingerprint density at radius 1 is 1.02 bits per heavy atom. The number of halogens is 1. The van der Waals surface area contributed by atoms with Gasteiger partial charge in [-0.2, -0.15) is 0 Å². The van der Waals surface area contributed by atoms with Crippen LogP contribution in [0, 0.1) is 28.6 Å². The van der Waals surface area contributed by atoms with E-state index < -0.39 is 64.4 Å². The number of rotatable bonds is 12. The number of aliphatic hydroxyl groups is 1. The van der Waals surface area contributed by atoms with Crippen LogP contribution < -0.4 is 0 Å². The molecule has 0 heterocycles. The molecule has 0 bridgehead atoms. The van der Waals surface area contributed by atoms with E-state index in [-0.39, 0.29) is 31.0 Å². The topological polar surface area (TPSA) is 107 Å². The fourth-order valence-electron chi connectivity index (χ4n) is 8.82. The number of carbonyl (C=O) groups excluding carboxylic acids is 4. The number of fused-ring (bicyclic) bond motifs is 5. The predicted octanol–water partition coefficient (Wildman–Crippen LogP) is 6.16. The van der Waals surface area contributed by atoms with Gasteiger partial charge in [-0.05, 0) is 69.4 Å². The summed E-state index contributed by atoms with van der Waals surface area (Å²) in [7, 11) is 0. The molecule has 3 fully saturated rings. The van der Waals surface area contributed by atoms with Gasteiger partial charge in [0.1, 0.15) is 11.7 Å². The third-order valence-corrected chi connectivity index (χ3v) is 11.2. The minimum absolute atomic E-state index is 0.0497. The smallest absolute Gasteiger partial charge is 0.306 e. The summed E-state index contributed by atoms with van der Waals surface area (Å²) in [6.45, 7) is 8.91. The minimum atomic E-state index is -2.03. The summed E-state index contributed by atoms with van der Waals surface area (Å²) in [4.78, 5) is 51.4. The van der Waals surface area contributed by atoms with Crippen molar-refractivity contribution < 1.29 is 38.1 Å². The Morgan fingerprint density at radius 3 is 2.31 bits per heavy atom. The fourth-order valence-corrected chi connectivity index (χ4v) is 8.82. The average molecular weight is 589 g/mol. The zero-order valence-corrected chi connectivity index (χ0v) is 26.0. The highest BCUT2D eigenvalue weighted by Gasteiger charge is 2.76. The van der Waals surface area contributed by atoms with Gasteiger partial charge < -0.3 is 14.6 Å². The number of unbranched alkanes of at least 4 members (excludes halogenated alkanes) is 4. The van der Waals surface area contributed by atoms with Crippen LogP contribution in [-0.4, -0.2) is 52.6 Å². The number of ether oxygens (including phenoxy) is 2. The van der Waals surface area contributed by atoms with Crippen molar-refractivity contribution in [3.05, 3.63) is 23.8 Å². The Labute approximate surface area is 249 Å². The number of ketones is 2. The molecule has 3 saturated carbocycles. The summed E-state index contributed by atoms with van der Waals surface area (Å²) in [5.41, 5.74) is -5.50. The maximum atomic E-state index is 18.2. The molecule has 0 amide bonds. The molecular formula is C34H49FO7. The van der Waals surface area contributed by atoms with E-state index in [1.54, 1.807) is 19.9 Å². The molecule has 42 heavy (non-hydrogen) atoms. The van der Waals surface area contributed by atoms with Gasteiger partial charge in [-0.25, -0.2) is 4.39 Å². The summed E-state index contributed by atoms with van der Waals surface area (Å²) in [6.07, 6.45) is 9.86. The van der Waals surface area contributed by atoms with Crippen LogP contribution in [0.3, 0.4) is 0 Å². The number of esters is 2. The van der Waals surface area contributed by atoms with E-state index in [1.165, 1.54) is 12.2 Å². The Bertz CT molecular complexity index is 1140. The lowest BCUT2D eigenvalue weighted by atomic mass is 9.44. The predicted molar refractivity (Wildman–Crippen MR) is 156 cm³/mol. The SMILES string of the molecule is CCCCCC(=O)OCC(=O)[C@@]1(O)[C@H](C)C[C@H]2[C@@H]3CCC4=CC(=O)C=C[C@]4(C)[C@@]3(F)[C@@H](OC(=O)CCCCC)C[C@@]21C. The molecule has 0 radical (unpaired) electrons. The zero-order chi connectivity index (χ0) is 30.9. The molecule has 0 aromatic heterocycles. The van der Waals surface area contributed by atoms with E-state index in [2.05, 4.69) is 0 Å². The van der Waals surface area contributed by atoms with Gasteiger partial charge in [-0.3, -0.25) is 19.2 Å². The molecule has 0 unspecified atom stereocenters. The first-order chi connectivity index (χ1) is 19.8. The van der Waals surface area contributed by atoms with E-state index in [9.17, 15) is 24.3 Å². The van der Waals surface area contributed by atoms with Crippen molar-refractivity contribution in [2.24, 2.45) is 28.6 Å². The van der Waals surface area contributed by atoms with E-state index in [4.69, 9.17) is 9.47 Å². The van der Waals surface area contributed by atoms with Crippen LogP contribution in [0.25, 0.3) is 0 Å². The summed E-state index contributed by atoms with van der Waals surface area (Å²) in [5.74, 6) is -3.27. The lowest BCUT2D eigenvalue weighted by Crippen LogP contribution is -2.70. The van der Waals surface area contributed by atoms with Crippen molar-refractivity contribution in [1.29, 1.82) is 0 Å². The standard InChI is InChI=1S/C34H49FO7/c1-6-8-10-12-29(38)41-21-27(37)34(40)22(3)18-26-25-15-14-23-19-24(36)16-17-31(23,4)33(25,35)28(20-32(26,34)5)42-30(39)13-11-9-7-2/h16-17,19,22,25-26,28,40H,6-15,18,20-21H2,1-5H3/t22-,25+,26+,28+,31+,32+,33+,34+/m1/s1. The Hall–Kier alpha value is -2.35. The molecule has 0 aliphatic heterocycles. The van der Waals surface area contributed by atoms with Gasteiger partial charge in [-0.1, -0.05) is 65.0 Å². The Balaban J connectivity index is 1.68. The van der Waals surface area contributed by atoms with E-state index in [0.29, 0.717) is 37.7 Å². The van der Waals surface area contributed by atoms with Crippen LogP contribution in [0.2, 0.25) is 0 Å². The van der Waals surface area contributed by atoms with Crippen molar-refractivity contribution in [3.8, 4) is 0 Å². The first kappa shape index (κ1) is 32.6. The normalized spacial score (nSPS) is 38.6. The number of hydrogen-bond donors (Lipinski definition) is 1. The number of carbonyl (C=O) groups is 4. The number of Topliss-reactive ketones (excluding diaryl/α,β-unsaturated/α-hetero) is 1. The molecule has 8 atom stereocenters. The Morgan fingerprint density at radius 2 is 1.67 bits per heavy atom. The highest BCUT2D eigenvalue weighted by Crippen LogP contribution is 2.71. The average Bonchev–Trinajstić information content (AvgIpc) is 3.14. The van der Waals surface area contributed by atoms with E-state index >= 15 is 4.39 Å². The molecule has 1 N–H and O–H groups in total. The summed E-state index contributed by atoms with van der Waals surface area (Å²) in [6, 6.07) is 0. The van der Waals surface area contributed by atoms with Gasteiger partial charge in [0.05, 0.1) is 0 Å². The maximum absolute atomic E-state index is 18.2. The quantitative estimate of drug-likeness (QED) is 0.215. The summed E-state index contributed by atoms with van der Waals surface area (Å²) < 4.78 is 29.5. The van der Waals surface area contributed by atoms with Crippen LogP contribution >= 0.6 is 0 Å². The first-order valence-electron chi connectivity index (χ1n) is 16.0. The van der Waals surface area contributed by atoms with E-state index in [1.807, 2.05) is 20.8 Å². The molecule has 0 aromatic carbocycles. The van der Waals surface area contributed by atoms with Crippen molar-refractivity contribution in [1.82, 2.24) is 0 Å². The van der Waals surface area contributed by atoms with E-state index in [0.717, 1.165) is 25.7 Å². The summed E-state index contributed by atoms with van der Waals surface area (Å²) >= 11 is 0. The minimum Gasteiger partial charge on any atom is -0.459 e. The third-order valence-electron chi connectivity index (χ3n) is 11.2. The maximum Gasteiger partial charge on any atom is 0.306 e. The first-order valence-corrected chi connectivity index (χ1v) is 16.0. The molecular weight excluding hydrogens is 539 g/mol. The highest BCUT2D eigenvalue weighted by molar-refractivity contribution is 6.01. The van der Waals surface area contributed by atoms with Crippen molar-refractivity contribution in [3.63, 3.8) is 0 Å². The van der Waals surface area contributed by atoms with Crippen molar-refractivity contribution >= 4 is 23.5 Å². The number of hydrogen-bond acceptors (Lipinski definition) is 7. The molecule has 0 spiro atoms. The fraction of sp³-hybridized carbons (Fsp3) is 0.765. The largest absolute Gasteiger partial charge is 0.459 e. The number of allylic oxidation sites excluding steroid dienone is 4. The monoisotopic (exact) mass is 588 g/mol. The molecule has 4 aliphatic carbocycles. The second kappa shape index (κ2) is 12.3. The molecule has 4 rings (SSSR count). The molecule has 7 nitrogen and oxygen atoms in total. The van der Waals surface area contributed by atoms with Gasteiger partial charge in [0.15, 0.2) is 18.1 Å². The lowest BCUT2D eigenvalue weighted by molar-refractivity contribution is -0.230. The van der Waals surface area contributed by atoms with Crippen LogP contribution in [0.1, 0.15) is 112 Å². The molecule has 8 heteroatoms. The van der Waals surface area contributed by atoms with Crippen LogP contribution in [0.5, 0.6) is 0 Å². The van der Waals surface area contributed by atoms with Gasteiger partial charge in [0.25, 0.3) is 0 Å². The van der Waals surface area contributed by atoms with Gasteiger partial charge in [0.2, 0.25) is 5.78 Å². The van der Waals surface area contributed by atoms with Crippen molar-refractivity contribution in [2.75, 3.05) is 6.61 Å². The molecule has 4 aliphatic rings. The van der Waals surface area contributed by atoms with Crippen LogP contribution in [-0.2, 0) is 28.7 Å². The lowest BCUT2D eigenvalue weighted by Gasteiger charge is -2.63. The van der Waals surface area contributed by atoms with Gasteiger partial charge in [0, 0.05) is 29.6 Å². The second-order valence-electron chi connectivity index (χ2n) is 13.6. The van der Waals surface area contributed by atoms with Crippen LogP contribution in [0.4, 0.5) is 4.39 Å². The second-order valence-corrected chi connectivity index (χ2v) is 13.6. The number of alkyl halides is 1. The Kier molecular flexibility index (Phi) is 9.56. The summed E-state index contributed by atoms with van der Waals surface area (Å²) in [5, 5.41) is 12.3. The van der Waals surface area contributed by atoms with Gasteiger partial charge >= 0.3 is 11.9 Å². The molecule has 0 aromatic rings. The molecule has 234 valence electrons. The molecule has 0 saturated heterocycles. The highest BCUT2D eigenvalue weighted by atomic mass is 19.1.